The summed E-state index contributed by atoms with van der Waals surface area (Å²) in [5.74, 6) is 1.23. The van der Waals surface area contributed by atoms with Crippen molar-refractivity contribution >= 4 is 11.6 Å². The Hall–Kier alpha value is -2.60. The molecule has 1 aromatic heterocycles. The number of ether oxygens (including phenoxy) is 3. The minimum Gasteiger partial charge on any atom is -0.497 e. The summed E-state index contributed by atoms with van der Waals surface area (Å²) in [6.45, 7) is 1.11. The number of nitrogens with one attached hydrogen (secondary N) is 1. The highest BCUT2D eigenvalue weighted by molar-refractivity contribution is 5.99. The van der Waals surface area contributed by atoms with E-state index in [0.717, 1.165) is 11.3 Å². The van der Waals surface area contributed by atoms with Crippen LogP contribution in [-0.2, 0) is 14.9 Å². The second-order valence-electron chi connectivity index (χ2n) is 5.97. The van der Waals surface area contributed by atoms with E-state index in [1.807, 2.05) is 24.3 Å². The van der Waals surface area contributed by atoms with Crippen LogP contribution in [0.5, 0.6) is 11.6 Å². The zero-order chi connectivity index (χ0) is 17.7. The molecule has 0 atom stereocenters. The number of hydrogen-bond acceptors (Lipinski definition) is 5. The number of amides is 1. The van der Waals surface area contributed by atoms with E-state index in [1.165, 1.54) is 0 Å². The van der Waals surface area contributed by atoms with Crippen LogP contribution in [0.3, 0.4) is 0 Å². The van der Waals surface area contributed by atoms with Gasteiger partial charge < -0.3 is 19.5 Å². The molecule has 1 fully saturated rings. The molecule has 1 N–H and O–H groups in total. The van der Waals surface area contributed by atoms with Gasteiger partial charge in [-0.1, -0.05) is 12.1 Å². The van der Waals surface area contributed by atoms with Crippen LogP contribution < -0.4 is 14.8 Å². The highest BCUT2D eigenvalue weighted by Crippen LogP contribution is 2.37. The van der Waals surface area contributed by atoms with E-state index < -0.39 is 5.41 Å². The van der Waals surface area contributed by atoms with Crippen LogP contribution in [-0.4, -0.2) is 38.3 Å². The number of aromatic nitrogens is 1. The van der Waals surface area contributed by atoms with E-state index in [2.05, 4.69) is 10.3 Å². The topological polar surface area (TPSA) is 69.7 Å². The van der Waals surface area contributed by atoms with Gasteiger partial charge in [-0.25, -0.2) is 4.98 Å². The maximum Gasteiger partial charge on any atom is 0.235 e. The van der Waals surface area contributed by atoms with Crippen molar-refractivity contribution in [2.75, 3.05) is 32.8 Å². The van der Waals surface area contributed by atoms with Gasteiger partial charge in [0.05, 0.1) is 31.5 Å². The van der Waals surface area contributed by atoms with Gasteiger partial charge in [-0.05, 0) is 36.6 Å². The first-order valence-corrected chi connectivity index (χ1v) is 8.22. The largest absolute Gasteiger partial charge is 0.497 e. The second kappa shape index (κ2) is 7.53. The van der Waals surface area contributed by atoms with Gasteiger partial charge in [0.1, 0.15) is 5.75 Å². The third-order valence-electron chi connectivity index (χ3n) is 4.63. The molecule has 1 aliphatic heterocycles. The molecule has 0 radical (unpaired) electrons. The predicted molar refractivity (Wildman–Crippen MR) is 94.1 cm³/mol. The molecule has 6 nitrogen and oxygen atoms in total. The monoisotopic (exact) mass is 342 g/mol. The first-order chi connectivity index (χ1) is 12.2. The normalized spacial score (nSPS) is 16.1. The number of benzene rings is 1. The van der Waals surface area contributed by atoms with Gasteiger partial charge in [0.15, 0.2) is 0 Å². The Morgan fingerprint density at radius 3 is 2.36 bits per heavy atom. The molecular formula is C19H22N2O4. The lowest BCUT2D eigenvalue weighted by molar-refractivity contribution is -0.125. The summed E-state index contributed by atoms with van der Waals surface area (Å²) in [5, 5.41) is 2.99. The van der Waals surface area contributed by atoms with Gasteiger partial charge in [0.25, 0.3) is 0 Å². The van der Waals surface area contributed by atoms with E-state index >= 15 is 0 Å². The third-order valence-corrected chi connectivity index (χ3v) is 4.63. The fraction of sp³-hybridized carbons (Fsp3) is 0.368. The SMILES string of the molecule is COc1ccc(C2(C(=O)Nc3ccc(OC)nc3)CCOCC2)cc1. The maximum absolute atomic E-state index is 13.1. The molecule has 6 heteroatoms. The van der Waals surface area contributed by atoms with E-state index in [4.69, 9.17) is 14.2 Å². The maximum atomic E-state index is 13.1. The van der Waals surface area contributed by atoms with Crippen LogP contribution in [0, 0.1) is 0 Å². The number of carbonyl (C=O) groups is 1. The van der Waals surface area contributed by atoms with Crippen molar-refractivity contribution in [3.63, 3.8) is 0 Å². The first-order valence-electron chi connectivity index (χ1n) is 8.22. The Balaban J connectivity index is 1.86. The Morgan fingerprint density at radius 1 is 1.08 bits per heavy atom. The molecule has 1 amide bonds. The number of methoxy groups -OCH3 is 2. The van der Waals surface area contributed by atoms with Crippen LogP contribution in [0.25, 0.3) is 0 Å². The highest BCUT2D eigenvalue weighted by Gasteiger charge is 2.41. The van der Waals surface area contributed by atoms with Gasteiger partial charge in [0, 0.05) is 19.3 Å². The molecule has 0 spiro atoms. The summed E-state index contributed by atoms with van der Waals surface area (Å²) in [5.41, 5.74) is 0.991. The van der Waals surface area contributed by atoms with Gasteiger partial charge in [-0.3, -0.25) is 4.79 Å². The average Bonchev–Trinajstić information content (AvgIpc) is 2.69. The summed E-state index contributed by atoms with van der Waals surface area (Å²) in [7, 11) is 3.18. The number of rotatable bonds is 5. The van der Waals surface area contributed by atoms with E-state index in [-0.39, 0.29) is 5.91 Å². The minimum atomic E-state index is -0.621. The number of carbonyl (C=O) groups excluding carboxylic acids is 1. The lowest BCUT2D eigenvalue weighted by atomic mass is 9.73. The Morgan fingerprint density at radius 2 is 1.80 bits per heavy atom. The summed E-state index contributed by atoms with van der Waals surface area (Å²) in [4.78, 5) is 17.3. The zero-order valence-corrected chi connectivity index (χ0v) is 14.5. The molecule has 2 heterocycles. The van der Waals surface area contributed by atoms with E-state index in [9.17, 15) is 4.79 Å². The number of hydrogen-bond donors (Lipinski definition) is 1. The molecule has 0 unspecified atom stereocenters. The number of pyridine rings is 1. The van der Waals surface area contributed by atoms with Gasteiger partial charge in [-0.15, -0.1) is 0 Å². The Bertz CT molecular complexity index is 707. The molecule has 2 aromatic rings. The molecule has 1 saturated heterocycles. The van der Waals surface area contributed by atoms with Crippen molar-refractivity contribution in [3.05, 3.63) is 48.2 Å². The highest BCUT2D eigenvalue weighted by atomic mass is 16.5. The first kappa shape index (κ1) is 17.2. The number of anilines is 1. The fourth-order valence-electron chi connectivity index (χ4n) is 3.10. The molecule has 0 aliphatic carbocycles. The summed E-state index contributed by atoms with van der Waals surface area (Å²) in [6, 6.07) is 11.2. The molecule has 1 aromatic carbocycles. The van der Waals surface area contributed by atoms with Crippen molar-refractivity contribution in [2.24, 2.45) is 0 Å². The van der Waals surface area contributed by atoms with Gasteiger partial charge >= 0.3 is 0 Å². The molecule has 25 heavy (non-hydrogen) atoms. The predicted octanol–water partition coefficient (Wildman–Crippen LogP) is 2.79. The van der Waals surface area contributed by atoms with Crippen molar-refractivity contribution in [1.82, 2.24) is 4.98 Å². The standard InChI is InChI=1S/C19H22N2O4/c1-23-16-6-3-14(4-7-16)19(9-11-25-12-10-19)18(22)21-15-5-8-17(24-2)20-13-15/h3-8,13H,9-12H2,1-2H3,(H,21,22). The van der Waals surface area contributed by atoms with Crippen molar-refractivity contribution < 1.29 is 19.0 Å². The van der Waals surface area contributed by atoms with Crippen molar-refractivity contribution in [3.8, 4) is 11.6 Å². The quantitative estimate of drug-likeness (QED) is 0.905. The van der Waals surface area contributed by atoms with Crippen LogP contribution in [0.15, 0.2) is 42.6 Å². The van der Waals surface area contributed by atoms with Crippen LogP contribution in [0.1, 0.15) is 18.4 Å². The Kier molecular flexibility index (Phi) is 5.19. The fourth-order valence-corrected chi connectivity index (χ4v) is 3.10. The lowest BCUT2D eigenvalue weighted by Gasteiger charge is -2.36. The van der Waals surface area contributed by atoms with Crippen molar-refractivity contribution in [1.29, 1.82) is 0 Å². The zero-order valence-electron chi connectivity index (χ0n) is 14.5. The summed E-state index contributed by atoms with van der Waals surface area (Å²) < 4.78 is 15.8. The van der Waals surface area contributed by atoms with Crippen LogP contribution in [0.2, 0.25) is 0 Å². The molecule has 3 rings (SSSR count). The average molecular weight is 342 g/mol. The minimum absolute atomic E-state index is 0.0482. The number of nitrogens with zero attached hydrogens (tertiary/aromatic N) is 1. The lowest BCUT2D eigenvalue weighted by Crippen LogP contribution is -2.44. The van der Waals surface area contributed by atoms with Crippen LogP contribution in [0.4, 0.5) is 5.69 Å². The van der Waals surface area contributed by atoms with Gasteiger partial charge in [0.2, 0.25) is 11.8 Å². The summed E-state index contributed by atoms with van der Waals surface area (Å²) in [6.07, 6.45) is 2.86. The molecule has 0 saturated carbocycles. The molecule has 1 aliphatic rings. The molecule has 132 valence electrons. The smallest absolute Gasteiger partial charge is 0.235 e. The van der Waals surface area contributed by atoms with Crippen molar-refractivity contribution in [2.45, 2.75) is 18.3 Å². The molecule has 0 bridgehead atoms. The van der Waals surface area contributed by atoms with Crippen LogP contribution >= 0.6 is 0 Å². The van der Waals surface area contributed by atoms with Gasteiger partial charge in [-0.2, -0.15) is 0 Å². The van der Waals surface area contributed by atoms with E-state index in [1.54, 1.807) is 32.5 Å². The third kappa shape index (κ3) is 3.58. The summed E-state index contributed by atoms with van der Waals surface area (Å²) >= 11 is 0. The Labute approximate surface area is 147 Å². The molecular weight excluding hydrogens is 320 g/mol. The second-order valence-corrected chi connectivity index (χ2v) is 5.97. The van der Waals surface area contributed by atoms with E-state index in [0.29, 0.717) is 37.6 Å².